The van der Waals surface area contributed by atoms with Crippen molar-refractivity contribution in [3.8, 4) is 0 Å². The summed E-state index contributed by atoms with van der Waals surface area (Å²) < 4.78 is 14.8. The van der Waals surface area contributed by atoms with E-state index < -0.39 is 23.8 Å². The van der Waals surface area contributed by atoms with Gasteiger partial charge in [-0.05, 0) is 6.92 Å². The maximum atomic E-state index is 10.8. The summed E-state index contributed by atoms with van der Waals surface area (Å²) in [4.78, 5) is 21.5. The van der Waals surface area contributed by atoms with Gasteiger partial charge in [-0.1, -0.05) is 0 Å². The maximum Gasteiger partial charge on any atom is 0.303 e. The topological polar surface area (TPSA) is 82.1 Å². The van der Waals surface area contributed by atoms with E-state index in [0.29, 0.717) is 6.42 Å². The molecule has 6 heteroatoms. The van der Waals surface area contributed by atoms with Gasteiger partial charge < -0.3 is 19.3 Å². The summed E-state index contributed by atoms with van der Waals surface area (Å²) in [5.74, 6) is -2.78. The van der Waals surface area contributed by atoms with Gasteiger partial charge in [-0.15, -0.1) is 0 Å². The van der Waals surface area contributed by atoms with Crippen molar-refractivity contribution in [2.45, 2.75) is 45.2 Å². The molecule has 1 fully saturated rings. The van der Waals surface area contributed by atoms with Gasteiger partial charge in [-0.2, -0.15) is 0 Å². The molecule has 0 saturated carbocycles. The van der Waals surface area contributed by atoms with Crippen LogP contribution in [-0.4, -0.2) is 41.6 Å². The van der Waals surface area contributed by atoms with Crippen LogP contribution in [0.1, 0.15) is 27.2 Å². The molecule has 1 N–H and O–H groups in total. The van der Waals surface area contributed by atoms with Crippen molar-refractivity contribution in [3.63, 3.8) is 0 Å². The Morgan fingerprint density at radius 2 is 2.06 bits per heavy atom. The molecule has 1 heterocycles. The highest BCUT2D eigenvalue weighted by Gasteiger charge is 2.49. The van der Waals surface area contributed by atoms with Gasteiger partial charge in [-0.25, -0.2) is 0 Å². The fourth-order valence-corrected chi connectivity index (χ4v) is 1.63. The number of esters is 2. The molecule has 0 bridgehead atoms. The van der Waals surface area contributed by atoms with Gasteiger partial charge >= 0.3 is 11.9 Å². The van der Waals surface area contributed by atoms with Crippen molar-refractivity contribution in [1.82, 2.24) is 0 Å². The Balaban J connectivity index is 2.65. The second-order valence-electron chi connectivity index (χ2n) is 3.89. The van der Waals surface area contributed by atoms with Crippen LogP contribution in [0, 0.1) is 0 Å². The Bertz CT molecular complexity index is 289. The van der Waals surface area contributed by atoms with Crippen LogP contribution in [0.3, 0.4) is 0 Å². The van der Waals surface area contributed by atoms with Gasteiger partial charge in [0, 0.05) is 20.3 Å². The predicted molar refractivity (Wildman–Crippen MR) is 52.3 cm³/mol. The zero-order valence-electron chi connectivity index (χ0n) is 9.56. The number of ether oxygens (including phenoxy) is 3. The molecule has 0 radical (unpaired) electrons. The van der Waals surface area contributed by atoms with E-state index in [1.807, 2.05) is 0 Å². The summed E-state index contributed by atoms with van der Waals surface area (Å²) in [7, 11) is 0. The number of carbonyl (C=O) groups excluding carboxylic acids is 2. The molecule has 1 aliphatic heterocycles. The first-order chi connectivity index (χ1) is 7.33. The minimum atomic E-state index is -1.74. The largest absolute Gasteiger partial charge is 0.460 e. The fraction of sp³-hybridized carbons (Fsp3) is 0.800. The second kappa shape index (κ2) is 4.80. The van der Waals surface area contributed by atoms with Crippen LogP contribution in [0.4, 0.5) is 0 Å². The Hall–Kier alpha value is -1.14. The van der Waals surface area contributed by atoms with E-state index in [1.165, 1.54) is 13.8 Å². The lowest BCUT2D eigenvalue weighted by molar-refractivity contribution is -0.252. The first-order valence-electron chi connectivity index (χ1n) is 5.04. The molecule has 0 aromatic carbocycles. The lowest BCUT2D eigenvalue weighted by atomic mass is 10.1. The molecule has 1 aliphatic rings. The Kier molecular flexibility index (Phi) is 3.88. The van der Waals surface area contributed by atoms with Gasteiger partial charge in [-0.3, -0.25) is 9.59 Å². The van der Waals surface area contributed by atoms with Crippen LogP contribution in [0.25, 0.3) is 0 Å². The lowest BCUT2D eigenvalue weighted by Gasteiger charge is -2.27. The number of rotatable bonds is 3. The predicted octanol–water partition coefficient (Wildman–Crippen LogP) is -0.0214. The van der Waals surface area contributed by atoms with E-state index in [9.17, 15) is 14.7 Å². The molecule has 1 rings (SSSR count). The van der Waals surface area contributed by atoms with E-state index in [-0.39, 0.29) is 12.7 Å². The van der Waals surface area contributed by atoms with E-state index in [4.69, 9.17) is 9.47 Å². The number of carbonyl (C=O) groups is 2. The van der Waals surface area contributed by atoms with Crippen LogP contribution in [0.15, 0.2) is 0 Å². The average Bonchev–Trinajstić information content (AvgIpc) is 2.38. The molecule has 92 valence electrons. The van der Waals surface area contributed by atoms with Gasteiger partial charge in [0.15, 0.2) is 6.10 Å². The summed E-state index contributed by atoms with van der Waals surface area (Å²) >= 11 is 0. The molecule has 3 atom stereocenters. The van der Waals surface area contributed by atoms with Crippen molar-refractivity contribution in [3.05, 3.63) is 0 Å². The summed E-state index contributed by atoms with van der Waals surface area (Å²) in [5, 5.41) is 10.0. The van der Waals surface area contributed by atoms with Gasteiger partial charge in [0.25, 0.3) is 0 Å². The smallest absolute Gasteiger partial charge is 0.303 e. The molecule has 0 spiro atoms. The molecule has 6 nitrogen and oxygen atoms in total. The van der Waals surface area contributed by atoms with Crippen LogP contribution >= 0.6 is 0 Å². The zero-order valence-corrected chi connectivity index (χ0v) is 9.56. The van der Waals surface area contributed by atoms with Crippen LogP contribution in [-0.2, 0) is 23.8 Å². The highest BCUT2D eigenvalue weighted by molar-refractivity contribution is 5.66. The van der Waals surface area contributed by atoms with Crippen molar-refractivity contribution in [2.75, 3.05) is 6.61 Å². The maximum absolute atomic E-state index is 10.8. The van der Waals surface area contributed by atoms with Crippen LogP contribution in [0.2, 0.25) is 0 Å². The Labute approximate surface area is 93.5 Å². The van der Waals surface area contributed by atoms with E-state index >= 15 is 0 Å². The van der Waals surface area contributed by atoms with Crippen molar-refractivity contribution in [1.29, 1.82) is 0 Å². The first kappa shape index (κ1) is 12.9. The normalized spacial score (nSPS) is 33.5. The van der Waals surface area contributed by atoms with E-state index in [1.54, 1.807) is 6.92 Å². The quantitative estimate of drug-likeness (QED) is 0.688. The van der Waals surface area contributed by atoms with E-state index in [2.05, 4.69) is 4.74 Å². The monoisotopic (exact) mass is 232 g/mol. The minimum Gasteiger partial charge on any atom is -0.460 e. The third-order valence-electron chi connectivity index (χ3n) is 2.24. The summed E-state index contributed by atoms with van der Waals surface area (Å²) in [6, 6.07) is 0. The van der Waals surface area contributed by atoms with Crippen molar-refractivity contribution >= 4 is 11.9 Å². The summed E-state index contributed by atoms with van der Waals surface area (Å²) in [5.41, 5.74) is 0. The fourth-order valence-electron chi connectivity index (χ4n) is 1.63. The average molecular weight is 232 g/mol. The molecule has 0 aromatic rings. The number of aliphatic hydroxyl groups is 1. The first-order valence-corrected chi connectivity index (χ1v) is 5.04. The summed E-state index contributed by atoms with van der Waals surface area (Å²) in [6.07, 6.45) is -0.693. The van der Waals surface area contributed by atoms with Crippen molar-refractivity contribution in [2.24, 2.45) is 0 Å². The second-order valence-corrected chi connectivity index (χ2v) is 3.89. The van der Waals surface area contributed by atoms with E-state index in [0.717, 1.165) is 0 Å². The minimum absolute atomic E-state index is 0.259. The lowest BCUT2D eigenvalue weighted by Crippen LogP contribution is -2.46. The molecule has 0 aliphatic carbocycles. The Morgan fingerprint density at radius 3 is 2.56 bits per heavy atom. The molecule has 0 unspecified atom stereocenters. The molecule has 0 amide bonds. The standard InChI is InChI=1S/C10H16O6/c1-6-4-9(15-8(3)12)10(13,16-6)5-14-7(2)11/h6,9,13H,4-5H2,1-3H3/t6-,9-,10-/m0/s1. The number of hydrogen-bond acceptors (Lipinski definition) is 6. The highest BCUT2D eigenvalue weighted by Crippen LogP contribution is 2.31. The Morgan fingerprint density at radius 1 is 1.44 bits per heavy atom. The highest BCUT2D eigenvalue weighted by atomic mass is 16.7. The van der Waals surface area contributed by atoms with Crippen LogP contribution < -0.4 is 0 Å². The van der Waals surface area contributed by atoms with Crippen molar-refractivity contribution < 1.29 is 28.9 Å². The zero-order chi connectivity index (χ0) is 12.3. The van der Waals surface area contributed by atoms with Crippen LogP contribution in [0.5, 0.6) is 0 Å². The van der Waals surface area contributed by atoms with Gasteiger partial charge in [0.1, 0.15) is 6.61 Å². The molecule has 1 saturated heterocycles. The number of hydrogen-bond donors (Lipinski definition) is 1. The SMILES string of the molecule is CC(=O)OC[C@]1(O)O[C@@H](C)C[C@@H]1OC(C)=O. The molecular formula is C10H16O6. The van der Waals surface area contributed by atoms with Gasteiger partial charge in [0.2, 0.25) is 5.79 Å². The summed E-state index contributed by atoms with van der Waals surface area (Å²) in [6.45, 7) is 3.87. The molecular weight excluding hydrogens is 216 g/mol. The molecule has 16 heavy (non-hydrogen) atoms. The third kappa shape index (κ3) is 3.18. The molecule has 0 aromatic heterocycles. The van der Waals surface area contributed by atoms with Gasteiger partial charge in [0.05, 0.1) is 6.10 Å². The third-order valence-corrected chi connectivity index (χ3v) is 2.24.